The molecule has 4 nitrogen and oxygen atoms in total. The Kier molecular flexibility index (Phi) is 6.32. The van der Waals surface area contributed by atoms with Crippen molar-refractivity contribution in [2.75, 3.05) is 18.9 Å². The lowest BCUT2D eigenvalue weighted by Crippen LogP contribution is -2.20. The lowest BCUT2D eigenvalue weighted by molar-refractivity contribution is 0.102. The maximum absolute atomic E-state index is 12.3. The Hall–Kier alpha value is -2.88. The van der Waals surface area contributed by atoms with E-state index in [2.05, 4.69) is 22.1 Å². The van der Waals surface area contributed by atoms with Crippen molar-refractivity contribution >= 4 is 23.6 Å². The van der Waals surface area contributed by atoms with Crippen LogP contribution in [-0.2, 0) is 0 Å². The molecule has 4 heteroatoms. The van der Waals surface area contributed by atoms with E-state index in [-0.39, 0.29) is 5.91 Å². The van der Waals surface area contributed by atoms with Gasteiger partial charge in [0.15, 0.2) is 0 Å². The van der Waals surface area contributed by atoms with E-state index in [4.69, 9.17) is 0 Å². The SMILES string of the molecule is C/C=C(/c1ccc(C(=O)Nc2ccccc2)cc1)N(/C=N\C)CC. The predicted octanol–water partition coefficient (Wildman–Crippen LogP) is 4.28. The van der Waals surface area contributed by atoms with Crippen LogP contribution < -0.4 is 5.32 Å². The first-order chi connectivity index (χ1) is 11.7. The number of benzene rings is 2. The number of hydrogen-bond acceptors (Lipinski definition) is 2. The number of anilines is 1. The highest BCUT2D eigenvalue weighted by molar-refractivity contribution is 6.04. The van der Waals surface area contributed by atoms with Crippen molar-refractivity contribution < 1.29 is 4.79 Å². The van der Waals surface area contributed by atoms with Crippen LogP contribution in [0.3, 0.4) is 0 Å². The number of amides is 1. The summed E-state index contributed by atoms with van der Waals surface area (Å²) in [4.78, 5) is 18.5. The lowest BCUT2D eigenvalue weighted by Gasteiger charge is -2.21. The molecular formula is C20H23N3O. The first kappa shape index (κ1) is 17.5. The van der Waals surface area contributed by atoms with Gasteiger partial charge in [0.05, 0.1) is 6.34 Å². The number of nitrogens with zero attached hydrogens (tertiary/aromatic N) is 2. The van der Waals surface area contributed by atoms with E-state index >= 15 is 0 Å². The summed E-state index contributed by atoms with van der Waals surface area (Å²) in [6, 6.07) is 17.0. The third kappa shape index (κ3) is 4.32. The molecule has 2 rings (SSSR count). The highest BCUT2D eigenvalue weighted by Gasteiger charge is 2.10. The molecule has 124 valence electrons. The molecule has 0 atom stereocenters. The van der Waals surface area contributed by atoms with Crippen LogP contribution in [0, 0.1) is 0 Å². The van der Waals surface area contributed by atoms with Gasteiger partial charge in [-0.3, -0.25) is 9.79 Å². The summed E-state index contributed by atoms with van der Waals surface area (Å²) in [5.74, 6) is -0.114. The molecule has 0 heterocycles. The lowest BCUT2D eigenvalue weighted by atomic mass is 10.1. The van der Waals surface area contributed by atoms with Gasteiger partial charge in [-0.1, -0.05) is 36.4 Å². The molecule has 0 fully saturated rings. The van der Waals surface area contributed by atoms with E-state index in [1.165, 1.54) is 0 Å². The van der Waals surface area contributed by atoms with Crippen LogP contribution in [0.1, 0.15) is 29.8 Å². The molecule has 0 aromatic heterocycles. The number of carbonyl (C=O) groups is 1. The fourth-order valence-corrected chi connectivity index (χ4v) is 2.47. The molecule has 2 aromatic carbocycles. The van der Waals surface area contributed by atoms with Crippen LogP contribution in [0.2, 0.25) is 0 Å². The minimum Gasteiger partial charge on any atom is -0.333 e. The van der Waals surface area contributed by atoms with Crippen molar-refractivity contribution in [2.24, 2.45) is 4.99 Å². The Morgan fingerprint density at radius 2 is 1.71 bits per heavy atom. The summed E-state index contributed by atoms with van der Waals surface area (Å²) >= 11 is 0. The molecule has 0 saturated carbocycles. The zero-order valence-corrected chi connectivity index (χ0v) is 14.4. The van der Waals surface area contributed by atoms with Gasteiger partial charge < -0.3 is 10.2 Å². The van der Waals surface area contributed by atoms with E-state index < -0.39 is 0 Å². The Morgan fingerprint density at radius 3 is 2.25 bits per heavy atom. The molecule has 24 heavy (non-hydrogen) atoms. The van der Waals surface area contributed by atoms with Gasteiger partial charge in [0.2, 0.25) is 0 Å². The summed E-state index contributed by atoms with van der Waals surface area (Å²) < 4.78 is 0. The summed E-state index contributed by atoms with van der Waals surface area (Å²) in [5, 5.41) is 2.89. The zero-order valence-electron chi connectivity index (χ0n) is 14.4. The molecule has 0 bridgehead atoms. The highest BCUT2D eigenvalue weighted by atomic mass is 16.1. The topological polar surface area (TPSA) is 44.7 Å². The number of nitrogens with one attached hydrogen (secondary N) is 1. The predicted molar refractivity (Wildman–Crippen MR) is 101 cm³/mol. The average molecular weight is 321 g/mol. The van der Waals surface area contributed by atoms with Gasteiger partial charge in [-0.05, 0) is 43.7 Å². The quantitative estimate of drug-likeness (QED) is 0.637. The summed E-state index contributed by atoms with van der Waals surface area (Å²) in [7, 11) is 1.76. The molecule has 0 aliphatic heterocycles. The summed E-state index contributed by atoms with van der Waals surface area (Å²) in [5.41, 5.74) is 3.54. The second-order valence-corrected chi connectivity index (χ2v) is 5.23. The monoisotopic (exact) mass is 321 g/mol. The molecule has 0 saturated heterocycles. The number of rotatable bonds is 6. The summed E-state index contributed by atoms with van der Waals surface area (Å²) in [6.45, 7) is 4.90. The Labute approximate surface area is 143 Å². The van der Waals surface area contributed by atoms with Gasteiger partial charge >= 0.3 is 0 Å². The Bertz CT molecular complexity index is 718. The van der Waals surface area contributed by atoms with Crippen LogP contribution in [0.25, 0.3) is 5.70 Å². The normalized spacial score (nSPS) is 11.5. The first-order valence-electron chi connectivity index (χ1n) is 8.01. The van der Waals surface area contributed by atoms with E-state index in [1.54, 1.807) is 7.05 Å². The standard InChI is InChI=1S/C20H23N3O/c1-4-19(23(5-2)15-21-3)16-11-13-17(14-12-16)20(24)22-18-9-7-6-8-10-18/h4,6-15H,5H2,1-3H3,(H,22,24)/b19-4-,21-15-. The van der Waals surface area contributed by atoms with Gasteiger partial charge in [0.25, 0.3) is 5.91 Å². The number of carbonyl (C=O) groups excluding carboxylic acids is 1. The Morgan fingerprint density at radius 1 is 1.08 bits per heavy atom. The molecular weight excluding hydrogens is 298 g/mol. The largest absolute Gasteiger partial charge is 0.333 e. The third-order valence-corrected chi connectivity index (χ3v) is 3.65. The van der Waals surface area contributed by atoms with Gasteiger partial charge in [-0.15, -0.1) is 0 Å². The van der Waals surface area contributed by atoms with Gasteiger partial charge in [0.1, 0.15) is 0 Å². The zero-order chi connectivity index (χ0) is 17.4. The van der Waals surface area contributed by atoms with Crippen molar-refractivity contribution in [2.45, 2.75) is 13.8 Å². The van der Waals surface area contributed by atoms with Crippen molar-refractivity contribution in [1.82, 2.24) is 4.90 Å². The van der Waals surface area contributed by atoms with Crippen LogP contribution >= 0.6 is 0 Å². The molecule has 0 aliphatic rings. The fraction of sp³-hybridized carbons (Fsp3) is 0.200. The fourth-order valence-electron chi connectivity index (χ4n) is 2.47. The number of hydrogen-bond donors (Lipinski definition) is 1. The molecule has 0 aliphatic carbocycles. The van der Waals surface area contributed by atoms with Gasteiger partial charge in [0, 0.05) is 30.5 Å². The highest BCUT2D eigenvalue weighted by Crippen LogP contribution is 2.19. The Balaban J connectivity index is 2.16. The van der Waals surface area contributed by atoms with Crippen LogP contribution in [0.4, 0.5) is 5.69 Å². The minimum atomic E-state index is -0.114. The number of aliphatic imine (C=N–C) groups is 1. The molecule has 2 aromatic rings. The van der Waals surface area contributed by atoms with Crippen molar-refractivity contribution in [1.29, 1.82) is 0 Å². The van der Waals surface area contributed by atoms with Gasteiger partial charge in [-0.25, -0.2) is 0 Å². The van der Waals surface area contributed by atoms with Crippen molar-refractivity contribution in [3.63, 3.8) is 0 Å². The van der Waals surface area contributed by atoms with E-state index in [0.717, 1.165) is 23.5 Å². The number of allylic oxidation sites excluding steroid dienone is 1. The molecule has 1 N–H and O–H groups in total. The van der Waals surface area contributed by atoms with Gasteiger partial charge in [-0.2, -0.15) is 0 Å². The second-order valence-electron chi connectivity index (χ2n) is 5.23. The third-order valence-electron chi connectivity index (χ3n) is 3.65. The average Bonchev–Trinajstić information content (AvgIpc) is 2.63. The number of para-hydroxylation sites is 1. The van der Waals surface area contributed by atoms with Crippen molar-refractivity contribution in [3.8, 4) is 0 Å². The smallest absolute Gasteiger partial charge is 0.255 e. The first-order valence-corrected chi connectivity index (χ1v) is 8.01. The van der Waals surface area contributed by atoms with E-state index in [0.29, 0.717) is 5.56 Å². The van der Waals surface area contributed by atoms with E-state index in [1.807, 2.05) is 73.9 Å². The van der Waals surface area contributed by atoms with E-state index in [9.17, 15) is 4.79 Å². The molecule has 0 spiro atoms. The molecule has 0 radical (unpaired) electrons. The van der Waals surface area contributed by atoms with Crippen LogP contribution in [0.15, 0.2) is 65.7 Å². The molecule has 0 unspecified atom stereocenters. The summed E-state index contributed by atoms with van der Waals surface area (Å²) in [6.07, 6.45) is 3.86. The van der Waals surface area contributed by atoms with Crippen molar-refractivity contribution in [3.05, 3.63) is 71.8 Å². The van der Waals surface area contributed by atoms with Crippen LogP contribution in [0.5, 0.6) is 0 Å². The maximum Gasteiger partial charge on any atom is 0.255 e. The maximum atomic E-state index is 12.3. The minimum absolute atomic E-state index is 0.114. The van der Waals surface area contributed by atoms with Crippen LogP contribution in [-0.4, -0.2) is 30.7 Å². The second kappa shape index (κ2) is 8.67. The molecule has 1 amide bonds.